The van der Waals surface area contributed by atoms with Gasteiger partial charge in [-0.25, -0.2) is 0 Å². The zero-order chi connectivity index (χ0) is 14.8. The predicted molar refractivity (Wildman–Crippen MR) is 83.9 cm³/mol. The van der Waals surface area contributed by atoms with E-state index in [4.69, 9.17) is 5.11 Å². The van der Waals surface area contributed by atoms with Gasteiger partial charge < -0.3 is 15.3 Å². The molecule has 114 valence electrons. The molecule has 3 atom stereocenters. The van der Waals surface area contributed by atoms with E-state index in [9.17, 15) is 10.2 Å². The van der Waals surface area contributed by atoms with Gasteiger partial charge in [-0.15, -0.1) is 11.8 Å². The summed E-state index contributed by atoms with van der Waals surface area (Å²) in [6, 6.07) is 10.0. The van der Waals surface area contributed by atoms with E-state index in [1.54, 1.807) is 11.8 Å². The highest BCUT2D eigenvalue weighted by molar-refractivity contribution is 8.00. The molecule has 0 bridgehead atoms. The lowest BCUT2D eigenvalue weighted by atomic mass is 10.0. The van der Waals surface area contributed by atoms with E-state index in [-0.39, 0.29) is 11.9 Å². The van der Waals surface area contributed by atoms with E-state index < -0.39 is 12.2 Å². The number of hydrogen-bond acceptors (Lipinski definition) is 4. The average molecular weight is 298 g/mol. The first-order valence-electron chi connectivity index (χ1n) is 7.36. The van der Waals surface area contributed by atoms with Crippen molar-refractivity contribution in [2.45, 2.75) is 61.4 Å². The first-order valence-corrected chi connectivity index (χ1v) is 8.24. The van der Waals surface area contributed by atoms with Crippen LogP contribution in [0.2, 0.25) is 0 Å². The van der Waals surface area contributed by atoms with Gasteiger partial charge in [-0.1, -0.05) is 38.0 Å². The topological polar surface area (TPSA) is 60.7 Å². The molecule has 1 aromatic rings. The molecule has 0 fully saturated rings. The zero-order valence-electron chi connectivity index (χ0n) is 12.1. The maximum Gasteiger partial charge on any atom is 0.0686 e. The number of benzene rings is 1. The van der Waals surface area contributed by atoms with Crippen LogP contribution in [-0.2, 0) is 0 Å². The average Bonchev–Trinajstić information content (AvgIpc) is 2.44. The Labute approximate surface area is 126 Å². The maximum atomic E-state index is 10.3. The Morgan fingerprint density at radius 2 is 1.80 bits per heavy atom. The highest BCUT2D eigenvalue weighted by Gasteiger charge is 2.22. The van der Waals surface area contributed by atoms with Crippen molar-refractivity contribution in [3.63, 3.8) is 0 Å². The van der Waals surface area contributed by atoms with E-state index in [1.807, 2.05) is 30.3 Å². The summed E-state index contributed by atoms with van der Waals surface area (Å²) in [7, 11) is 0. The van der Waals surface area contributed by atoms with Gasteiger partial charge in [-0.3, -0.25) is 0 Å². The summed E-state index contributed by atoms with van der Waals surface area (Å²) >= 11 is 1.67. The largest absolute Gasteiger partial charge is 0.396 e. The van der Waals surface area contributed by atoms with Gasteiger partial charge in [0.1, 0.15) is 0 Å². The van der Waals surface area contributed by atoms with Crippen molar-refractivity contribution in [1.29, 1.82) is 0 Å². The molecule has 3 N–H and O–H groups in total. The van der Waals surface area contributed by atoms with E-state index in [2.05, 4.69) is 6.92 Å². The van der Waals surface area contributed by atoms with Crippen LogP contribution in [0.4, 0.5) is 0 Å². The normalized spacial score (nSPS) is 15.8. The van der Waals surface area contributed by atoms with Crippen molar-refractivity contribution in [2.24, 2.45) is 0 Å². The smallest absolute Gasteiger partial charge is 0.0686 e. The Morgan fingerprint density at radius 3 is 2.40 bits per heavy atom. The Kier molecular flexibility index (Phi) is 8.94. The van der Waals surface area contributed by atoms with Crippen LogP contribution in [0, 0.1) is 0 Å². The predicted octanol–water partition coefficient (Wildman–Crippen LogP) is 2.83. The van der Waals surface area contributed by atoms with Gasteiger partial charge in [0.15, 0.2) is 0 Å². The molecule has 0 aliphatic rings. The molecule has 1 rings (SSSR count). The second kappa shape index (κ2) is 10.2. The first kappa shape index (κ1) is 17.5. The van der Waals surface area contributed by atoms with Crippen molar-refractivity contribution in [1.82, 2.24) is 0 Å². The van der Waals surface area contributed by atoms with Gasteiger partial charge in [0.25, 0.3) is 0 Å². The number of aliphatic hydroxyl groups is 3. The van der Waals surface area contributed by atoms with E-state index in [0.29, 0.717) is 12.8 Å². The lowest BCUT2D eigenvalue weighted by molar-refractivity contribution is 0.0619. The van der Waals surface area contributed by atoms with Crippen LogP contribution in [0.5, 0.6) is 0 Å². The van der Waals surface area contributed by atoms with Crippen LogP contribution in [0.15, 0.2) is 35.2 Å². The van der Waals surface area contributed by atoms with E-state index in [0.717, 1.165) is 24.2 Å². The van der Waals surface area contributed by atoms with Crippen LogP contribution >= 0.6 is 11.8 Å². The lowest BCUT2D eigenvalue weighted by Gasteiger charge is -2.24. The minimum Gasteiger partial charge on any atom is -0.396 e. The summed E-state index contributed by atoms with van der Waals surface area (Å²) in [5.41, 5.74) is 0. The standard InChI is InChI=1S/C16H26O3S/c1-2-3-9-16(15(19)12-13(18)10-11-17)20-14-7-5-4-6-8-14/h4-8,13,15-19H,2-3,9-12H2,1H3/t13-,15-,16-/m1/s1. The molecule has 0 aromatic heterocycles. The number of rotatable bonds is 10. The van der Waals surface area contributed by atoms with Gasteiger partial charge in [0.2, 0.25) is 0 Å². The van der Waals surface area contributed by atoms with Crippen LogP contribution in [0.3, 0.4) is 0 Å². The summed E-state index contributed by atoms with van der Waals surface area (Å²) in [5, 5.41) is 29.0. The molecule has 0 unspecified atom stereocenters. The Hall–Kier alpha value is -0.550. The number of thioether (sulfide) groups is 1. The third-order valence-electron chi connectivity index (χ3n) is 3.28. The Morgan fingerprint density at radius 1 is 1.10 bits per heavy atom. The molecular weight excluding hydrogens is 272 g/mol. The summed E-state index contributed by atoms with van der Waals surface area (Å²) in [6.07, 6.45) is 2.57. The Bertz CT molecular complexity index is 345. The maximum absolute atomic E-state index is 10.3. The lowest BCUT2D eigenvalue weighted by Crippen LogP contribution is -2.28. The molecule has 0 radical (unpaired) electrons. The van der Waals surface area contributed by atoms with Gasteiger partial charge in [-0.05, 0) is 25.0 Å². The SMILES string of the molecule is CCCC[C@@H](Sc1ccccc1)[C@H](O)C[C@H](O)CCO. The number of hydrogen-bond donors (Lipinski definition) is 3. The minimum atomic E-state index is -0.629. The third kappa shape index (κ3) is 6.75. The summed E-state index contributed by atoms with van der Waals surface area (Å²) < 4.78 is 0. The second-order valence-electron chi connectivity index (χ2n) is 5.08. The molecule has 0 aliphatic heterocycles. The zero-order valence-corrected chi connectivity index (χ0v) is 12.9. The highest BCUT2D eigenvalue weighted by atomic mass is 32.2. The summed E-state index contributed by atoms with van der Waals surface area (Å²) in [6.45, 7) is 2.09. The van der Waals surface area contributed by atoms with E-state index >= 15 is 0 Å². The number of unbranched alkanes of at least 4 members (excludes halogenated alkanes) is 1. The van der Waals surface area contributed by atoms with Crippen LogP contribution in [0.25, 0.3) is 0 Å². The fraction of sp³-hybridized carbons (Fsp3) is 0.625. The van der Waals surface area contributed by atoms with Crippen molar-refractivity contribution in [3.8, 4) is 0 Å². The van der Waals surface area contributed by atoms with Crippen molar-refractivity contribution < 1.29 is 15.3 Å². The van der Waals surface area contributed by atoms with Gasteiger partial charge in [0, 0.05) is 23.2 Å². The molecule has 0 heterocycles. The monoisotopic (exact) mass is 298 g/mol. The first-order chi connectivity index (χ1) is 9.67. The second-order valence-corrected chi connectivity index (χ2v) is 6.39. The molecular formula is C16H26O3S. The van der Waals surface area contributed by atoms with Crippen molar-refractivity contribution in [2.75, 3.05) is 6.61 Å². The fourth-order valence-electron chi connectivity index (χ4n) is 2.11. The molecule has 20 heavy (non-hydrogen) atoms. The molecule has 0 amide bonds. The molecule has 0 aliphatic carbocycles. The quantitative estimate of drug-likeness (QED) is 0.581. The van der Waals surface area contributed by atoms with Crippen LogP contribution < -0.4 is 0 Å². The summed E-state index contributed by atoms with van der Waals surface area (Å²) in [4.78, 5) is 1.14. The van der Waals surface area contributed by atoms with Gasteiger partial charge in [-0.2, -0.15) is 0 Å². The van der Waals surface area contributed by atoms with Crippen molar-refractivity contribution >= 4 is 11.8 Å². The fourth-order valence-corrected chi connectivity index (χ4v) is 3.32. The van der Waals surface area contributed by atoms with Crippen molar-refractivity contribution in [3.05, 3.63) is 30.3 Å². The van der Waals surface area contributed by atoms with E-state index in [1.165, 1.54) is 0 Å². The van der Waals surface area contributed by atoms with Gasteiger partial charge in [0.05, 0.1) is 12.2 Å². The summed E-state index contributed by atoms with van der Waals surface area (Å²) in [5.74, 6) is 0. The molecule has 0 spiro atoms. The third-order valence-corrected chi connectivity index (χ3v) is 4.67. The highest BCUT2D eigenvalue weighted by Crippen LogP contribution is 2.30. The molecule has 3 nitrogen and oxygen atoms in total. The van der Waals surface area contributed by atoms with Crippen LogP contribution in [-0.4, -0.2) is 39.4 Å². The Balaban J connectivity index is 2.58. The molecule has 0 saturated heterocycles. The molecule has 1 aromatic carbocycles. The molecule has 0 saturated carbocycles. The molecule has 4 heteroatoms. The van der Waals surface area contributed by atoms with Crippen LogP contribution in [0.1, 0.15) is 39.0 Å². The number of aliphatic hydroxyl groups excluding tert-OH is 3. The minimum absolute atomic E-state index is 0.0423. The van der Waals surface area contributed by atoms with Gasteiger partial charge >= 0.3 is 0 Å².